The number of hydrogen-bond acceptors (Lipinski definition) is 5. The van der Waals surface area contributed by atoms with Crippen LogP contribution in [0, 0.1) is 0 Å². The number of rotatable bonds is 8. The van der Waals surface area contributed by atoms with Crippen molar-refractivity contribution in [3.8, 4) is 0 Å². The molecule has 0 radical (unpaired) electrons. The zero-order valence-corrected chi connectivity index (χ0v) is 12.7. The Labute approximate surface area is 127 Å². The maximum absolute atomic E-state index is 12.0. The zero-order valence-electron chi connectivity index (χ0n) is 12.0. The third-order valence-corrected chi connectivity index (χ3v) is 3.44. The van der Waals surface area contributed by atoms with Gasteiger partial charge in [-0.2, -0.15) is 10.2 Å². The first-order valence-electron chi connectivity index (χ1n) is 7.06. The lowest BCUT2D eigenvalue weighted by Crippen LogP contribution is -2.24. The number of anilines is 1. The molecule has 0 atom stereocenters. The number of nitrogens with one attached hydrogen (secondary N) is 2. The van der Waals surface area contributed by atoms with E-state index >= 15 is 0 Å². The lowest BCUT2D eigenvalue weighted by Gasteiger charge is -2.09. The molecule has 0 amide bonds. The van der Waals surface area contributed by atoms with Gasteiger partial charge in [0.05, 0.1) is 11.9 Å². The van der Waals surface area contributed by atoms with Crippen LogP contribution < -0.4 is 10.9 Å². The average Bonchev–Trinajstić information content (AvgIpc) is 3.00. The van der Waals surface area contributed by atoms with Gasteiger partial charge in [-0.05, 0) is 12.8 Å². The van der Waals surface area contributed by atoms with E-state index in [0.717, 1.165) is 31.5 Å². The van der Waals surface area contributed by atoms with Gasteiger partial charge >= 0.3 is 0 Å². The van der Waals surface area contributed by atoms with E-state index in [-0.39, 0.29) is 10.6 Å². The zero-order chi connectivity index (χ0) is 15.1. The molecule has 21 heavy (non-hydrogen) atoms. The summed E-state index contributed by atoms with van der Waals surface area (Å²) in [5.74, 6) is 0.844. The predicted molar refractivity (Wildman–Crippen MR) is 81.6 cm³/mol. The highest BCUT2D eigenvalue weighted by Crippen LogP contribution is 2.15. The summed E-state index contributed by atoms with van der Waals surface area (Å²) in [5.41, 5.74) is 0.331. The van der Waals surface area contributed by atoms with Crippen LogP contribution in [0.25, 0.3) is 0 Å². The van der Waals surface area contributed by atoms with E-state index in [1.165, 1.54) is 11.0 Å². The minimum absolute atomic E-state index is 0.195. The molecule has 0 aliphatic rings. The Balaban J connectivity index is 1.88. The van der Waals surface area contributed by atoms with Gasteiger partial charge in [-0.1, -0.05) is 24.9 Å². The molecule has 0 fully saturated rings. The van der Waals surface area contributed by atoms with Gasteiger partial charge < -0.3 is 5.32 Å². The summed E-state index contributed by atoms with van der Waals surface area (Å²) in [6.07, 6.45) is 6.64. The maximum Gasteiger partial charge on any atom is 0.287 e. The van der Waals surface area contributed by atoms with E-state index in [0.29, 0.717) is 18.8 Å². The lowest BCUT2D eigenvalue weighted by molar-refractivity contribution is 0.543. The van der Waals surface area contributed by atoms with Crippen LogP contribution in [0.4, 0.5) is 5.69 Å². The van der Waals surface area contributed by atoms with Crippen molar-refractivity contribution in [3.05, 3.63) is 33.7 Å². The number of aromatic nitrogens is 5. The molecule has 8 heteroatoms. The van der Waals surface area contributed by atoms with Crippen molar-refractivity contribution < 1.29 is 0 Å². The molecule has 0 saturated heterocycles. The molecular weight excluding hydrogens is 292 g/mol. The molecule has 2 rings (SSSR count). The van der Waals surface area contributed by atoms with Crippen LogP contribution in [0.3, 0.4) is 0 Å². The molecule has 0 aliphatic heterocycles. The summed E-state index contributed by atoms with van der Waals surface area (Å²) >= 11 is 6.09. The fourth-order valence-electron chi connectivity index (χ4n) is 1.89. The molecule has 0 unspecified atom stereocenters. The molecule has 0 saturated carbocycles. The van der Waals surface area contributed by atoms with Gasteiger partial charge in [0.25, 0.3) is 5.56 Å². The highest BCUT2D eigenvalue weighted by molar-refractivity contribution is 6.32. The molecule has 0 spiro atoms. The second kappa shape index (κ2) is 7.78. The normalized spacial score (nSPS) is 10.8. The van der Waals surface area contributed by atoms with E-state index in [1.807, 2.05) is 0 Å². The van der Waals surface area contributed by atoms with Crippen molar-refractivity contribution in [2.45, 2.75) is 39.2 Å². The number of H-pyrrole nitrogens is 1. The smallest absolute Gasteiger partial charge is 0.287 e. The Morgan fingerprint density at radius 3 is 3.00 bits per heavy atom. The molecule has 0 aromatic carbocycles. The molecular formula is C13H19ClN6O. The molecule has 2 aromatic heterocycles. The minimum atomic E-state index is -0.245. The quantitative estimate of drug-likeness (QED) is 0.727. The van der Waals surface area contributed by atoms with Crippen LogP contribution >= 0.6 is 11.6 Å². The summed E-state index contributed by atoms with van der Waals surface area (Å²) in [6.45, 7) is 3.35. The van der Waals surface area contributed by atoms with E-state index < -0.39 is 0 Å². The van der Waals surface area contributed by atoms with Gasteiger partial charge in [0.2, 0.25) is 0 Å². The number of aromatic amines is 1. The van der Waals surface area contributed by atoms with Gasteiger partial charge in [-0.3, -0.25) is 9.89 Å². The molecule has 2 heterocycles. The van der Waals surface area contributed by atoms with Crippen molar-refractivity contribution in [2.24, 2.45) is 0 Å². The van der Waals surface area contributed by atoms with E-state index in [4.69, 9.17) is 11.6 Å². The van der Waals surface area contributed by atoms with Crippen LogP contribution in [0.2, 0.25) is 5.02 Å². The molecule has 2 aromatic rings. The third-order valence-electron chi connectivity index (χ3n) is 3.08. The summed E-state index contributed by atoms with van der Waals surface area (Å²) in [7, 11) is 0. The lowest BCUT2D eigenvalue weighted by atomic mass is 10.3. The molecule has 0 aliphatic carbocycles. The van der Waals surface area contributed by atoms with Crippen molar-refractivity contribution in [1.82, 2.24) is 25.0 Å². The van der Waals surface area contributed by atoms with Crippen molar-refractivity contribution >= 4 is 17.3 Å². The van der Waals surface area contributed by atoms with E-state index in [2.05, 4.69) is 32.5 Å². The topological polar surface area (TPSA) is 88.5 Å². The average molecular weight is 311 g/mol. The molecule has 7 nitrogen and oxygen atoms in total. The van der Waals surface area contributed by atoms with Crippen LogP contribution in [-0.4, -0.2) is 31.5 Å². The monoisotopic (exact) mass is 310 g/mol. The number of hydrogen-bond donors (Lipinski definition) is 2. The van der Waals surface area contributed by atoms with Crippen LogP contribution in [0.15, 0.2) is 17.3 Å². The highest BCUT2D eigenvalue weighted by Gasteiger charge is 2.08. The predicted octanol–water partition coefficient (Wildman–Crippen LogP) is 1.86. The first kappa shape index (κ1) is 15.5. The summed E-state index contributed by atoms with van der Waals surface area (Å²) in [6, 6.07) is 0. The van der Waals surface area contributed by atoms with Crippen molar-refractivity contribution in [2.75, 3.05) is 11.9 Å². The van der Waals surface area contributed by atoms with Gasteiger partial charge in [0.1, 0.15) is 17.2 Å². The maximum atomic E-state index is 12.0. The largest absolute Gasteiger partial charge is 0.382 e. The minimum Gasteiger partial charge on any atom is -0.382 e. The van der Waals surface area contributed by atoms with Gasteiger partial charge in [0, 0.05) is 19.5 Å². The van der Waals surface area contributed by atoms with E-state index in [1.54, 1.807) is 6.20 Å². The fraction of sp³-hybridized carbons (Fsp3) is 0.538. The highest BCUT2D eigenvalue weighted by atomic mass is 35.5. The molecule has 114 valence electrons. The number of nitrogens with zero attached hydrogens (tertiary/aromatic N) is 4. The summed E-state index contributed by atoms with van der Waals surface area (Å²) < 4.78 is 1.41. The van der Waals surface area contributed by atoms with Crippen LogP contribution in [0.5, 0.6) is 0 Å². The Kier molecular flexibility index (Phi) is 5.74. The second-order valence-electron chi connectivity index (χ2n) is 4.72. The first-order chi connectivity index (χ1) is 10.2. The SMILES string of the molecule is CCCCn1ncc(NCCCc2ncn[nH]2)c(Cl)c1=O. The third kappa shape index (κ3) is 4.29. The van der Waals surface area contributed by atoms with E-state index in [9.17, 15) is 4.79 Å². The standard InChI is InChI=1S/C13H19ClN6O/c1-2-3-7-20-13(21)12(14)10(8-18-20)15-6-4-5-11-16-9-17-19-11/h8-9,15H,2-7H2,1H3,(H,16,17,19). The van der Waals surface area contributed by atoms with Crippen molar-refractivity contribution in [3.63, 3.8) is 0 Å². The summed E-state index contributed by atoms with van der Waals surface area (Å²) in [4.78, 5) is 16.1. The Morgan fingerprint density at radius 2 is 2.29 bits per heavy atom. The number of unbranched alkanes of at least 4 members (excludes halogenated alkanes) is 1. The number of aryl methyl sites for hydroxylation is 2. The van der Waals surface area contributed by atoms with Crippen LogP contribution in [0.1, 0.15) is 32.0 Å². The molecule has 0 bridgehead atoms. The first-order valence-corrected chi connectivity index (χ1v) is 7.44. The van der Waals surface area contributed by atoms with Crippen LogP contribution in [-0.2, 0) is 13.0 Å². The second-order valence-corrected chi connectivity index (χ2v) is 5.09. The summed E-state index contributed by atoms with van der Waals surface area (Å²) in [5, 5.41) is 14.0. The van der Waals surface area contributed by atoms with Gasteiger partial charge in [-0.25, -0.2) is 9.67 Å². The Morgan fingerprint density at radius 1 is 1.43 bits per heavy atom. The van der Waals surface area contributed by atoms with Gasteiger partial charge in [-0.15, -0.1) is 0 Å². The fourth-order valence-corrected chi connectivity index (χ4v) is 2.10. The van der Waals surface area contributed by atoms with Crippen molar-refractivity contribution in [1.29, 1.82) is 0 Å². The Hall–Kier alpha value is -1.89. The number of halogens is 1. The molecule has 2 N–H and O–H groups in total. The van der Waals surface area contributed by atoms with Gasteiger partial charge in [0.15, 0.2) is 0 Å². The Bertz CT molecular complexity index is 610.